The van der Waals surface area contributed by atoms with E-state index in [1.807, 2.05) is 24.3 Å². The highest BCUT2D eigenvalue weighted by Gasteiger charge is 2.22. The van der Waals surface area contributed by atoms with E-state index in [4.69, 9.17) is 5.73 Å². The third-order valence-electron chi connectivity index (χ3n) is 4.49. The van der Waals surface area contributed by atoms with E-state index in [1.165, 1.54) is 0 Å². The van der Waals surface area contributed by atoms with Crippen molar-refractivity contribution in [3.8, 4) is 0 Å². The van der Waals surface area contributed by atoms with Gasteiger partial charge < -0.3 is 21.3 Å². The molecule has 7 heteroatoms. The summed E-state index contributed by atoms with van der Waals surface area (Å²) in [5.74, 6) is -0.444. The maximum absolute atomic E-state index is 12.6. The van der Waals surface area contributed by atoms with Gasteiger partial charge in [-0.2, -0.15) is 0 Å². The lowest BCUT2D eigenvalue weighted by Gasteiger charge is -2.29. The van der Waals surface area contributed by atoms with E-state index in [9.17, 15) is 14.4 Å². The number of primary amides is 1. The van der Waals surface area contributed by atoms with Crippen LogP contribution in [0.15, 0.2) is 48.5 Å². The average molecular weight is 366 g/mol. The first-order chi connectivity index (χ1) is 13.0. The van der Waals surface area contributed by atoms with Gasteiger partial charge in [-0.05, 0) is 42.2 Å². The van der Waals surface area contributed by atoms with Crippen LogP contribution in [0, 0.1) is 0 Å². The maximum atomic E-state index is 12.6. The minimum atomic E-state index is -0.602. The summed E-state index contributed by atoms with van der Waals surface area (Å²) in [5, 5.41) is 5.16. The van der Waals surface area contributed by atoms with Gasteiger partial charge in [0.05, 0.1) is 6.54 Å². The van der Waals surface area contributed by atoms with Crippen molar-refractivity contribution >= 4 is 23.5 Å². The first kappa shape index (κ1) is 18.4. The molecule has 1 heterocycles. The molecule has 0 bridgehead atoms. The number of nitrogens with one attached hydrogen (secondary N) is 2. The largest absolute Gasteiger partial charge is 0.352 e. The number of carbonyl (C=O) groups excluding carboxylic acids is 3. The second-order valence-corrected chi connectivity index (χ2v) is 6.38. The Morgan fingerprint density at radius 3 is 2.48 bits per heavy atom. The lowest BCUT2D eigenvalue weighted by molar-refractivity contribution is -0.117. The van der Waals surface area contributed by atoms with Crippen LogP contribution in [0.5, 0.6) is 0 Å². The van der Waals surface area contributed by atoms with Crippen molar-refractivity contribution in [1.29, 1.82) is 0 Å². The third kappa shape index (κ3) is 4.63. The molecule has 0 saturated carbocycles. The Hall–Kier alpha value is -3.35. The van der Waals surface area contributed by atoms with Crippen molar-refractivity contribution in [2.24, 2.45) is 5.73 Å². The maximum Gasteiger partial charge on any atom is 0.312 e. The molecule has 0 spiro atoms. The zero-order chi connectivity index (χ0) is 19.2. The molecule has 2 aromatic carbocycles. The molecular formula is C20H22N4O3. The van der Waals surface area contributed by atoms with Crippen molar-refractivity contribution in [3.05, 3.63) is 65.2 Å². The predicted octanol–water partition coefficient (Wildman–Crippen LogP) is 1.56. The van der Waals surface area contributed by atoms with Crippen LogP contribution in [0.25, 0.3) is 0 Å². The Kier molecular flexibility index (Phi) is 5.71. The van der Waals surface area contributed by atoms with Gasteiger partial charge in [0.2, 0.25) is 5.91 Å². The number of amides is 4. The summed E-state index contributed by atoms with van der Waals surface area (Å²) in [6.07, 6.45) is 1.88. The van der Waals surface area contributed by atoms with E-state index < -0.39 is 6.03 Å². The molecule has 0 aliphatic carbocycles. The molecule has 0 fully saturated rings. The predicted molar refractivity (Wildman–Crippen MR) is 102 cm³/mol. The van der Waals surface area contributed by atoms with Crippen LogP contribution in [0.2, 0.25) is 0 Å². The van der Waals surface area contributed by atoms with Crippen molar-refractivity contribution < 1.29 is 14.4 Å². The first-order valence-corrected chi connectivity index (χ1v) is 8.83. The second kappa shape index (κ2) is 8.35. The van der Waals surface area contributed by atoms with Crippen LogP contribution in [-0.2, 0) is 17.8 Å². The fraction of sp³-hybridized carbons (Fsp3) is 0.250. The Labute approximate surface area is 157 Å². The topological polar surface area (TPSA) is 105 Å². The smallest absolute Gasteiger partial charge is 0.312 e. The van der Waals surface area contributed by atoms with Gasteiger partial charge in [0.1, 0.15) is 0 Å². The number of aryl methyl sites for hydroxylation is 1. The Bertz CT molecular complexity index is 849. The molecule has 140 valence electrons. The highest BCUT2D eigenvalue weighted by molar-refractivity contribution is 6.00. The number of urea groups is 1. The minimum Gasteiger partial charge on any atom is -0.352 e. The number of para-hydroxylation sites is 1. The summed E-state index contributed by atoms with van der Waals surface area (Å²) in [5.41, 5.74) is 8.38. The van der Waals surface area contributed by atoms with Crippen molar-refractivity contribution in [3.63, 3.8) is 0 Å². The van der Waals surface area contributed by atoms with E-state index in [0.717, 1.165) is 29.7 Å². The van der Waals surface area contributed by atoms with E-state index >= 15 is 0 Å². The van der Waals surface area contributed by atoms with Crippen LogP contribution in [-0.4, -0.2) is 30.9 Å². The minimum absolute atomic E-state index is 0.0574. The highest BCUT2D eigenvalue weighted by atomic mass is 16.2. The molecule has 1 aliphatic heterocycles. The first-order valence-electron chi connectivity index (χ1n) is 8.83. The Morgan fingerprint density at radius 2 is 1.74 bits per heavy atom. The number of anilines is 1. The monoisotopic (exact) mass is 366 g/mol. The molecular weight excluding hydrogens is 344 g/mol. The molecule has 27 heavy (non-hydrogen) atoms. The standard InChI is InChI=1S/C20H22N4O3/c21-20(27)23-12-14-7-9-16(10-8-14)19(26)22-13-18(25)24-11-3-5-15-4-1-2-6-17(15)24/h1-2,4,6-10H,3,5,11-13H2,(H,22,26)(H3,21,23,27). The molecule has 4 amide bonds. The molecule has 4 N–H and O–H groups in total. The van der Waals surface area contributed by atoms with Crippen LogP contribution < -0.4 is 21.3 Å². The molecule has 3 rings (SSSR count). The second-order valence-electron chi connectivity index (χ2n) is 6.38. The Morgan fingerprint density at radius 1 is 1.00 bits per heavy atom. The molecule has 2 aromatic rings. The van der Waals surface area contributed by atoms with Gasteiger partial charge in [-0.1, -0.05) is 30.3 Å². The SMILES string of the molecule is NC(=O)NCc1ccc(C(=O)NCC(=O)N2CCCc3ccccc32)cc1. The number of hydrogen-bond acceptors (Lipinski definition) is 3. The number of benzene rings is 2. The van der Waals surface area contributed by atoms with Crippen molar-refractivity contribution in [2.75, 3.05) is 18.0 Å². The quantitative estimate of drug-likeness (QED) is 0.748. The number of carbonyl (C=O) groups is 3. The lowest BCUT2D eigenvalue weighted by Crippen LogP contribution is -2.42. The van der Waals surface area contributed by atoms with E-state index in [-0.39, 0.29) is 18.4 Å². The summed E-state index contributed by atoms with van der Waals surface area (Å²) >= 11 is 0. The molecule has 0 unspecified atom stereocenters. The average Bonchev–Trinajstić information content (AvgIpc) is 2.70. The van der Waals surface area contributed by atoms with Gasteiger partial charge in [-0.3, -0.25) is 9.59 Å². The molecule has 7 nitrogen and oxygen atoms in total. The zero-order valence-corrected chi connectivity index (χ0v) is 14.9. The summed E-state index contributed by atoms with van der Waals surface area (Å²) < 4.78 is 0. The van der Waals surface area contributed by atoms with E-state index in [0.29, 0.717) is 18.7 Å². The van der Waals surface area contributed by atoms with Gasteiger partial charge in [-0.25, -0.2) is 4.79 Å². The number of fused-ring (bicyclic) bond motifs is 1. The number of hydrogen-bond donors (Lipinski definition) is 3. The van der Waals surface area contributed by atoms with Gasteiger partial charge >= 0.3 is 6.03 Å². The third-order valence-corrected chi connectivity index (χ3v) is 4.49. The van der Waals surface area contributed by atoms with Gasteiger partial charge in [0.15, 0.2) is 0 Å². The van der Waals surface area contributed by atoms with Crippen molar-refractivity contribution in [1.82, 2.24) is 10.6 Å². The number of nitrogens with zero attached hydrogens (tertiary/aromatic N) is 1. The van der Waals surface area contributed by atoms with Gasteiger partial charge in [0, 0.05) is 24.3 Å². The fourth-order valence-electron chi connectivity index (χ4n) is 3.11. The number of rotatable bonds is 5. The molecule has 0 atom stereocenters. The normalized spacial score (nSPS) is 12.8. The van der Waals surface area contributed by atoms with Crippen LogP contribution in [0.4, 0.5) is 10.5 Å². The summed E-state index contributed by atoms with van der Waals surface area (Å²) in [6.45, 7) is 0.898. The van der Waals surface area contributed by atoms with Crippen LogP contribution in [0.1, 0.15) is 27.9 Å². The zero-order valence-electron chi connectivity index (χ0n) is 14.9. The summed E-state index contributed by atoms with van der Waals surface area (Å²) in [6, 6.07) is 14.0. The van der Waals surface area contributed by atoms with E-state index in [1.54, 1.807) is 29.2 Å². The van der Waals surface area contributed by atoms with Crippen LogP contribution in [0.3, 0.4) is 0 Å². The van der Waals surface area contributed by atoms with Gasteiger partial charge in [-0.15, -0.1) is 0 Å². The molecule has 1 aliphatic rings. The lowest BCUT2D eigenvalue weighted by atomic mass is 10.0. The molecule has 0 saturated heterocycles. The summed E-state index contributed by atoms with van der Waals surface area (Å²) in [4.78, 5) is 37.3. The summed E-state index contributed by atoms with van der Waals surface area (Å²) in [7, 11) is 0. The molecule has 0 aromatic heterocycles. The highest BCUT2D eigenvalue weighted by Crippen LogP contribution is 2.26. The van der Waals surface area contributed by atoms with Gasteiger partial charge in [0.25, 0.3) is 5.91 Å². The van der Waals surface area contributed by atoms with Crippen molar-refractivity contribution in [2.45, 2.75) is 19.4 Å². The fourth-order valence-corrected chi connectivity index (χ4v) is 3.11. The Balaban J connectivity index is 1.56. The number of nitrogens with two attached hydrogens (primary N) is 1. The molecule has 0 radical (unpaired) electrons. The van der Waals surface area contributed by atoms with E-state index in [2.05, 4.69) is 10.6 Å². The van der Waals surface area contributed by atoms with Crippen LogP contribution >= 0.6 is 0 Å².